The van der Waals surface area contributed by atoms with Gasteiger partial charge in [-0.2, -0.15) is 0 Å². The van der Waals surface area contributed by atoms with Crippen molar-refractivity contribution in [2.24, 2.45) is 0 Å². The average Bonchev–Trinajstić information content (AvgIpc) is 3.41. The summed E-state index contributed by atoms with van der Waals surface area (Å²) >= 11 is -4.32. The third-order valence-electron chi connectivity index (χ3n) is 13.2. The van der Waals surface area contributed by atoms with Crippen LogP contribution >= 0.6 is 17.0 Å². The number of ether oxygens (including phenoxy) is 2. The van der Waals surface area contributed by atoms with Crippen LogP contribution in [0.1, 0.15) is 56.1 Å². The van der Waals surface area contributed by atoms with Crippen LogP contribution in [0.2, 0.25) is 12.8 Å². The van der Waals surface area contributed by atoms with Crippen molar-refractivity contribution in [3.05, 3.63) is 213 Å². The van der Waals surface area contributed by atoms with E-state index in [2.05, 4.69) is 111 Å². The van der Waals surface area contributed by atoms with Gasteiger partial charge in [0, 0.05) is 0 Å². The molecule has 5 atom stereocenters. The van der Waals surface area contributed by atoms with E-state index in [1.807, 2.05) is 60.7 Å². The zero-order chi connectivity index (χ0) is 38.0. The molecule has 0 saturated carbocycles. The van der Waals surface area contributed by atoms with Crippen molar-refractivity contribution < 1.29 is 27.4 Å². The first-order valence-corrected chi connectivity index (χ1v) is 31.0. The first kappa shape index (κ1) is 36.4. The molecule has 0 spiro atoms. The zero-order valence-electron chi connectivity index (χ0n) is 31.7. The summed E-state index contributed by atoms with van der Waals surface area (Å²) in [6.07, 6.45) is 22.0. The Morgan fingerprint density at radius 3 is 1.73 bits per heavy atom. The maximum absolute atomic E-state index is 8.47. The summed E-state index contributed by atoms with van der Waals surface area (Å²) in [5, 5.41) is 3.26. The fourth-order valence-corrected chi connectivity index (χ4v) is 32.2. The van der Waals surface area contributed by atoms with E-state index in [1.165, 1.54) is 57.0 Å². The normalized spacial score (nSPS) is 27.0. The molecule has 4 aromatic carbocycles. The summed E-state index contributed by atoms with van der Waals surface area (Å²) in [5.74, 6) is 3.58. The Balaban J connectivity index is 1.10. The molecular formula is C50H44Cl2O2SiZr. The molecule has 5 unspecified atom stereocenters. The minimum absolute atomic E-state index is 0.0888. The Bertz CT molecular complexity index is 2470. The van der Waals surface area contributed by atoms with E-state index < -0.39 is 26.7 Å². The van der Waals surface area contributed by atoms with Crippen LogP contribution in [-0.4, -0.2) is 8.80 Å². The van der Waals surface area contributed by atoms with E-state index in [1.54, 1.807) is 10.4 Å². The number of hydrogen-bond donors (Lipinski definition) is 0. The van der Waals surface area contributed by atoms with Crippen molar-refractivity contribution in [2.45, 2.75) is 57.7 Å². The summed E-state index contributed by atoms with van der Waals surface area (Å²) in [6, 6.07) is 38.8. The molecule has 0 aromatic heterocycles. The Labute approximate surface area is 344 Å². The molecule has 4 aliphatic carbocycles. The molecule has 6 heteroatoms. The second-order valence-corrected chi connectivity index (χ2v) is 33.6. The number of rotatable bonds is 6. The standard InChI is InChI=1S/C50H44O2Si.2ClH.Zr/c1-34-33-38-15-9-10-21-44(36-24-28-41(29-25-36)51-39-16-5-3-6-17-39)47(38)49(34)53-32-14-13-20-43-35(2)50(53)48-45(22-11-12-23-46(43)48)37-26-30-42(31-27-37)52-40-18-7-4-8-19-40;;;/h3-12,15-19,21-31,33,44-45,53H,13-14,20,32H2,1-2H3;2*1H;/q;;;+2/p-2. The third-order valence-corrected chi connectivity index (χ3v) is 32.1. The molecular weight excluding hydrogens is 823 g/mol. The van der Waals surface area contributed by atoms with Gasteiger partial charge in [0.1, 0.15) is 0 Å². The summed E-state index contributed by atoms with van der Waals surface area (Å²) in [7, 11) is 15.1. The molecule has 10 rings (SSSR count). The van der Waals surface area contributed by atoms with Crippen molar-refractivity contribution in [3.63, 3.8) is 0 Å². The van der Waals surface area contributed by atoms with Gasteiger partial charge in [0.15, 0.2) is 0 Å². The molecule has 0 N–H and O–H groups in total. The van der Waals surface area contributed by atoms with Gasteiger partial charge in [-0.05, 0) is 0 Å². The van der Waals surface area contributed by atoms with Gasteiger partial charge in [0.2, 0.25) is 0 Å². The van der Waals surface area contributed by atoms with Gasteiger partial charge in [0.05, 0.1) is 0 Å². The predicted octanol–water partition coefficient (Wildman–Crippen LogP) is 14.6. The SMILES string of the molecule is CC1=C2C3=C(C=CC=CC3c3ccc(Oc4ccccc4)cc3)[CH]1[Zr]([Cl])([Cl])[C]13CCCC[SiH]2C(=C1C)C1=C3C=CC=CC1c1ccc(Oc2ccccc2)cc1. The van der Waals surface area contributed by atoms with Crippen molar-refractivity contribution in [3.8, 4) is 23.0 Å². The summed E-state index contributed by atoms with van der Waals surface area (Å²) in [4.78, 5) is 0. The van der Waals surface area contributed by atoms with Gasteiger partial charge >= 0.3 is 335 Å². The molecule has 0 saturated heterocycles. The molecule has 0 fully saturated rings. The van der Waals surface area contributed by atoms with E-state index in [0.29, 0.717) is 0 Å². The second-order valence-electron chi connectivity index (χ2n) is 16.0. The molecule has 6 aliphatic rings. The molecule has 2 heterocycles. The molecule has 2 aliphatic heterocycles. The number of benzene rings is 4. The molecule has 2 nitrogen and oxygen atoms in total. The van der Waals surface area contributed by atoms with Crippen LogP contribution in [0, 0.1) is 0 Å². The number of halogens is 2. The Hall–Kier alpha value is -3.92. The zero-order valence-corrected chi connectivity index (χ0v) is 36.8. The Morgan fingerprint density at radius 2 is 1.14 bits per heavy atom. The van der Waals surface area contributed by atoms with Crippen LogP contribution in [0.15, 0.2) is 202 Å². The predicted molar refractivity (Wildman–Crippen MR) is 231 cm³/mol. The number of fused-ring (bicyclic) bond motifs is 4. The van der Waals surface area contributed by atoms with Gasteiger partial charge in [0.25, 0.3) is 0 Å². The van der Waals surface area contributed by atoms with Crippen molar-refractivity contribution in [1.29, 1.82) is 0 Å². The van der Waals surface area contributed by atoms with Crippen LogP contribution in [0.3, 0.4) is 0 Å². The number of para-hydroxylation sites is 2. The van der Waals surface area contributed by atoms with Gasteiger partial charge in [-0.3, -0.25) is 0 Å². The van der Waals surface area contributed by atoms with Gasteiger partial charge in [-0.1, -0.05) is 12.1 Å². The van der Waals surface area contributed by atoms with Crippen LogP contribution in [-0.2, 0) is 17.9 Å². The van der Waals surface area contributed by atoms with Gasteiger partial charge in [-0.25, -0.2) is 0 Å². The van der Waals surface area contributed by atoms with E-state index >= 15 is 0 Å². The summed E-state index contributed by atoms with van der Waals surface area (Å²) in [5.41, 5.74) is 11.3. The van der Waals surface area contributed by atoms with E-state index in [0.717, 1.165) is 35.8 Å². The van der Waals surface area contributed by atoms with Crippen LogP contribution in [0.4, 0.5) is 0 Å². The fourth-order valence-electron chi connectivity index (χ4n) is 10.9. The van der Waals surface area contributed by atoms with Crippen molar-refractivity contribution in [2.75, 3.05) is 0 Å². The quantitative estimate of drug-likeness (QED) is 0.180. The molecule has 0 radical (unpaired) electrons. The maximum atomic E-state index is 8.47. The summed E-state index contributed by atoms with van der Waals surface area (Å²) in [6.45, 7) is 4.86. The Kier molecular flexibility index (Phi) is 9.41. The molecule has 5 bridgehead atoms. The van der Waals surface area contributed by atoms with Crippen LogP contribution in [0.5, 0.6) is 23.0 Å². The number of hydrogen-bond acceptors (Lipinski definition) is 2. The van der Waals surface area contributed by atoms with Crippen LogP contribution in [0.25, 0.3) is 0 Å². The van der Waals surface area contributed by atoms with Crippen molar-refractivity contribution in [1.82, 2.24) is 0 Å². The average molecular weight is 867 g/mol. The molecule has 278 valence electrons. The Morgan fingerprint density at radius 1 is 0.607 bits per heavy atom. The summed E-state index contributed by atoms with van der Waals surface area (Å²) < 4.78 is 12.3. The first-order chi connectivity index (χ1) is 27.4. The van der Waals surface area contributed by atoms with Crippen LogP contribution < -0.4 is 9.47 Å². The fraction of sp³-hybridized carbons (Fsp3) is 0.200. The van der Waals surface area contributed by atoms with E-state index in [9.17, 15) is 0 Å². The number of allylic oxidation sites excluding steroid dienone is 16. The molecule has 56 heavy (non-hydrogen) atoms. The van der Waals surface area contributed by atoms with E-state index in [4.69, 9.17) is 26.5 Å². The molecule has 4 aromatic rings. The molecule has 0 amide bonds. The topological polar surface area (TPSA) is 18.5 Å². The van der Waals surface area contributed by atoms with Gasteiger partial charge in [-0.15, -0.1) is 0 Å². The monoisotopic (exact) mass is 864 g/mol. The minimum atomic E-state index is -4.32. The second kappa shape index (κ2) is 14.5. The van der Waals surface area contributed by atoms with Gasteiger partial charge < -0.3 is 0 Å². The van der Waals surface area contributed by atoms with Crippen molar-refractivity contribution >= 4 is 25.8 Å². The van der Waals surface area contributed by atoms with E-state index in [-0.39, 0.29) is 18.6 Å². The third kappa shape index (κ3) is 5.73. The first-order valence-electron chi connectivity index (χ1n) is 20.0.